The number of unbranched alkanes of at least 4 members (excludes halogenated alkanes) is 1. The predicted molar refractivity (Wildman–Crippen MR) is 240 cm³/mol. The molecule has 0 aliphatic carbocycles. The monoisotopic (exact) mass is 1020 g/mol. The second kappa shape index (κ2) is 31.0. The number of carbonyl (C=O) groups is 9. The van der Waals surface area contributed by atoms with Gasteiger partial charge in [0.2, 0.25) is 29.5 Å². The van der Waals surface area contributed by atoms with E-state index in [0.29, 0.717) is 25.7 Å². The highest BCUT2D eigenvalue weighted by molar-refractivity contribution is 14.1. The van der Waals surface area contributed by atoms with Crippen molar-refractivity contribution < 1.29 is 63.6 Å². The molecule has 22 nitrogen and oxygen atoms in total. The van der Waals surface area contributed by atoms with Gasteiger partial charge in [-0.2, -0.15) is 0 Å². The van der Waals surface area contributed by atoms with Crippen LogP contribution in [0.25, 0.3) is 0 Å². The number of carboxylic acid groups (broad SMARTS) is 4. The van der Waals surface area contributed by atoms with E-state index in [9.17, 15) is 63.6 Å². The number of nitrogens with one attached hydrogen (secondary N) is 5. The van der Waals surface area contributed by atoms with E-state index < -0.39 is 66.0 Å². The van der Waals surface area contributed by atoms with Gasteiger partial charge in [-0.15, -0.1) is 0 Å². The van der Waals surface area contributed by atoms with Crippen molar-refractivity contribution in [2.75, 3.05) is 98.7 Å². The number of likely N-dealkylation sites (N-methyl/N-ethyl adjacent to an activating group) is 1. The molecule has 1 heterocycles. The van der Waals surface area contributed by atoms with Crippen LogP contribution in [0.2, 0.25) is 0 Å². The fourth-order valence-corrected chi connectivity index (χ4v) is 7.16. The largest absolute Gasteiger partial charge is 0.481 e. The van der Waals surface area contributed by atoms with Crippen LogP contribution in [0.3, 0.4) is 0 Å². The SMILES string of the molecule is CNC(=O)C(CCCCNC(=O)C(CC(=O)O)NC(=O)CCCNC(=O)CCCc1ccc(I)cc1)NC(=O)CN1CCN(CC(=O)O)CCN(CC(=O)O)CCN(CC(=O)O)CC1. The van der Waals surface area contributed by atoms with Gasteiger partial charge < -0.3 is 47.0 Å². The summed E-state index contributed by atoms with van der Waals surface area (Å²) in [6.07, 6.45) is 2.20. The van der Waals surface area contributed by atoms with Crippen molar-refractivity contribution in [3.63, 3.8) is 0 Å². The molecule has 358 valence electrons. The second-order valence-electron chi connectivity index (χ2n) is 15.5. The average Bonchev–Trinajstić information content (AvgIpc) is 3.22. The number of hydrogen-bond donors (Lipinski definition) is 9. The Balaban J connectivity index is 1.87. The Morgan fingerprint density at radius 3 is 1.50 bits per heavy atom. The molecule has 9 N–H and O–H groups in total. The van der Waals surface area contributed by atoms with Crippen LogP contribution in [0.1, 0.15) is 56.9 Å². The first kappa shape index (κ1) is 55.2. The first-order valence-corrected chi connectivity index (χ1v) is 22.4. The summed E-state index contributed by atoms with van der Waals surface area (Å²) in [5, 5.41) is 50.8. The molecule has 1 fully saturated rings. The van der Waals surface area contributed by atoms with Crippen LogP contribution < -0.4 is 26.6 Å². The highest BCUT2D eigenvalue weighted by atomic mass is 127. The summed E-state index contributed by atoms with van der Waals surface area (Å²) in [4.78, 5) is 117. The van der Waals surface area contributed by atoms with E-state index in [1.807, 2.05) is 24.3 Å². The number of carboxylic acids is 4. The molecule has 0 bridgehead atoms. The standard InChI is InChI=1S/C41H64IN9O13/c1-43-40(63)31(46-35(54)25-48-16-18-49(26-37(57)58)20-22-51(28-39(61)62)23-21-50(19-17-48)27-38(59)60)7-2-3-14-45-41(64)32(24-36(55)56)47-34(53)9-5-15-44-33(52)8-4-6-29-10-12-30(42)13-11-29/h10-13,31-32H,2-9,14-28H2,1H3,(H,43,63)(H,44,52)(H,45,64)(H,46,54)(H,47,53)(H,55,56)(H,57,58)(H,59,60)(H,61,62). The van der Waals surface area contributed by atoms with E-state index in [-0.39, 0.29) is 117 Å². The van der Waals surface area contributed by atoms with Crippen molar-refractivity contribution in [1.29, 1.82) is 0 Å². The Labute approximate surface area is 386 Å². The second-order valence-corrected chi connectivity index (χ2v) is 16.7. The summed E-state index contributed by atoms with van der Waals surface area (Å²) in [5.41, 5.74) is 1.14. The normalized spacial score (nSPS) is 15.6. The summed E-state index contributed by atoms with van der Waals surface area (Å²) >= 11 is 2.23. The third-order valence-electron chi connectivity index (χ3n) is 10.2. The molecule has 1 aromatic rings. The average molecular weight is 1020 g/mol. The van der Waals surface area contributed by atoms with E-state index >= 15 is 0 Å². The lowest BCUT2D eigenvalue weighted by Gasteiger charge is -2.33. The van der Waals surface area contributed by atoms with E-state index in [2.05, 4.69) is 49.2 Å². The van der Waals surface area contributed by atoms with Crippen molar-refractivity contribution in [3.8, 4) is 0 Å². The van der Waals surface area contributed by atoms with Crippen LogP contribution in [-0.4, -0.2) is 204 Å². The third-order valence-corrected chi connectivity index (χ3v) is 10.9. The molecule has 1 aliphatic rings. The Bertz CT molecular complexity index is 1670. The zero-order valence-electron chi connectivity index (χ0n) is 36.4. The number of benzene rings is 1. The van der Waals surface area contributed by atoms with Gasteiger partial charge in [0.05, 0.1) is 32.6 Å². The minimum Gasteiger partial charge on any atom is -0.481 e. The van der Waals surface area contributed by atoms with Crippen LogP contribution in [0, 0.1) is 3.57 Å². The van der Waals surface area contributed by atoms with Crippen LogP contribution >= 0.6 is 22.6 Å². The molecule has 1 aliphatic heterocycles. The van der Waals surface area contributed by atoms with Gasteiger partial charge in [0.1, 0.15) is 12.1 Å². The van der Waals surface area contributed by atoms with E-state index in [1.54, 1.807) is 19.6 Å². The van der Waals surface area contributed by atoms with Gasteiger partial charge in [0, 0.05) is 88.9 Å². The number of hydrogen-bond acceptors (Lipinski definition) is 13. The lowest BCUT2D eigenvalue weighted by atomic mass is 10.1. The van der Waals surface area contributed by atoms with Gasteiger partial charge in [-0.25, -0.2) is 0 Å². The highest BCUT2D eigenvalue weighted by Crippen LogP contribution is 2.10. The number of rotatable bonds is 27. The highest BCUT2D eigenvalue weighted by Gasteiger charge is 2.26. The molecule has 64 heavy (non-hydrogen) atoms. The Hall–Kier alpha value is -4.98. The molecule has 23 heteroatoms. The Morgan fingerprint density at radius 2 is 1.02 bits per heavy atom. The number of carbonyl (C=O) groups excluding carboxylic acids is 5. The predicted octanol–water partition coefficient (Wildman–Crippen LogP) is -1.54. The number of aliphatic carboxylic acids is 4. The van der Waals surface area contributed by atoms with Gasteiger partial charge in [-0.05, 0) is 78.8 Å². The lowest BCUT2D eigenvalue weighted by molar-refractivity contribution is -0.141. The first-order chi connectivity index (χ1) is 30.4. The maximum atomic E-state index is 13.3. The van der Waals surface area contributed by atoms with Crippen molar-refractivity contribution in [3.05, 3.63) is 33.4 Å². The lowest BCUT2D eigenvalue weighted by Crippen LogP contribution is -2.52. The summed E-state index contributed by atoms with van der Waals surface area (Å²) < 4.78 is 1.13. The minimum atomic E-state index is -1.34. The van der Waals surface area contributed by atoms with Crippen molar-refractivity contribution in [1.82, 2.24) is 46.2 Å². The fraction of sp³-hybridized carbons (Fsp3) is 0.634. The molecule has 0 spiro atoms. The molecule has 1 saturated heterocycles. The summed E-state index contributed by atoms with van der Waals surface area (Å²) in [5.74, 6) is -6.93. The van der Waals surface area contributed by atoms with E-state index in [1.165, 1.54) is 7.05 Å². The smallest absolute Gasteiger partial charge is 0.317 e. The molecule has 1 aromatic carbocycles. The van der Waals surface area contributed by atoms with Gasteiger partial charge in [0.15, 0.2) is 0 Å². The number of halogens is 1. The molecule has 2 atom stereocenters. The van der Waals surface area contributed by atoms with Crippen LogP contribution in [0.5, 0.6) is 0 Å². The third kappa shape index (κ3) is 25.3. The minimum absolute atomic E-state index is 0.0436. The number of nitrogens with zero attached hydrogens (tertiary/aromatic N) is 4. The van der Waals surface area contributed by atoms with E-state index in [4.69, 9.17) is 0 Å². The van der Waals surface area contributed by atoms with Crippen molar-refractivity contribution in [2.45, 2.75) is 69.9 Å². The van der Waals surface area contributed by atoms with Crippen molar-refractivity contribution >= 4 is 76.0 Å². The van der Waals surface area contributed by atoms with Crippen molar-refractivity contribution in [2.24, 2.45) is 0 Å². The van der Waals surface area contributed by atoms with Crippen LogP contribution in [0.15, 0.2) is 24.3 Å². The number of aryl methyl sites for hydroxylation is 1. The van der Waals surface area contributed by atoms with Gasteiger partial charge >= 0.3 is 23.9 Å². The Kier molecular flexibility index (Phi) is 26.7. The maximum Gasteiger partial charge on any atom is 0.317 e. The van der Waals surface area contributed by atoms with Gasteiger partial charge in [0.25, 0.3) is 0 Å². The maximum absolute atomic E-state index is 13.3. The molecule has 0 saturated carbocycles. The summed E-state index contributed by atoms with van der Waals surface area (Å²) in [6.45, 7) is 0.871. The molecule has 2 rings (SSSR count). The zero-order chi connectivity index (χ0) is 47.4. The van der Waals surface area contributed by atoms with Gasteiger partial charge in [-0.3, -0.25) is 62.8 Å². The summed E-state index contributed by atoms with van der Waals surface area (Å²) in [6, 6.07) is 5.74. The topological polar surface area (TPSA) is 308 Å². The first-order valence-electron chi connectivity index (χ1n) is 21.3. The molecular formula is C41H64IN9O13. The molecule has 0 radical (unpaired) electrons. The van der Waals surface area contributed by atoms with Crippen LogP contribution in [-0.2, 0) is 49.6 Å². The summed E-state index contributed by atoms with van der Waals surface area (Å²) in [7, 11) is 1.41. The quantitative estimate of drug-likeness (QED) is 0.0357. The molecule has 0 aromatic heterocycles. The molecular weight excluding hydrogens is 953 g/mol. The van der Waals surface area contributed by atoms with Gasteiger partial charge in [-0.1, -0.05) is 12.1 Å². The molecule has 5 amide bonds. The number of amides is 5. The molecule has 2 unspecified atom stereocenters. The Morgan fingerprint density at radius 1 is 0.547 bits per heavy atom. The van der Waals surface area contributed by atoms with E-state index in [0.717, 1.165) is 15.6 Å². The van der Waals surface area contributed by atoms with Crippen LogP contribution in [0.4, 0.5) is 0 Å². The zero-order valence-corrected chi connectivity index (χ0v) is 38.5. The fourth-order valence-electron chi connectivity index (χ4n) is 6.80.